The van der Waals surface area contributed by atoms with Crippen LogP contribution in [0.1, 0.15) is 18.4 Å². The predicted molar refractivity (Wildman–Crippen MR) is 53.1 cm³/mol. The van der Waals surface area contributed by atoms with Gasteiger partial charge in [-0.3, -0.25) is 0 Å². The van der Waals surface area contributed by atoms with Gasteiger partial charge in [-0.1, -0.05) is 35.5 Å². The van der Waals surface area contributed by atoms with Crippen LogP contribution in [0.3, 0.4) is 0 Å². The zero-order chi connectivity index (χ0) is 11.6. The Hall–Kier alpha value is -1.52. The molecule has 0 saturated heterocycles. The van der Waals surface area contributed by atoms with Gasteiger partial charge in [-0.25, -0.2) is 0 Å². The van der Waals surface area contributed by atoms with Crippen molar-refractivity contribution in [2.24, 2.45) is 5.16 Å². The summed E-state index contributed by atoms with van der Waals surface area (Å²) in [6.07, 6.45) is -5.82. The van der Waals surface area contributed by atoms with E-state index in [9.17, 15) is 13.2 Å². The molecule has 2 nitrogen and oxygen atoms in total. The summed E-state index contributed by atoms with van der Waals surface area (Å²) in [4.78, 5) is 4.76. The van der Waals surface area contributed by atoms with Gasteiger partial charge in [-0.15, -0.1) is 0 Å². The van der Waals surface area contributed by atoms with E-state index in [4.69, 9.17) is 4.84 Å². The Bertz CT molecular complexity index is 386. The second-order valence-corrected chi connectivity index (χ2v) is 3.65. The maximum atomic E-state index is 12.1. The lowest BCUT2D eigenvalue weighted by molar-refractivity contribution is -0.157. The SMILES string of the molecule is FC(F)(F)C[C@@H]1CC(c2ccccc2)=NO1. The number of oxime groups is 1. The minimum atomic E-state index is -4.20. The molecule has 0 aliphatic carbocycles. The van der Waals surface area contributed by atoms with Crippen molar-refractivity contribution in [1.82, 2.24) is 0 Å². The van der Waals surface area contributed by atoms with E-state index >= 15 is 0 Å². The molecule has 0 saturated carbocycles. The molecule has 0 fully saturated rings. The van der Waals surface area contributed by atoms with Crippen molar-refractivity contribution in [2.75, 3.05) is 0 Å². The average Bonchev–Trinajstić information content (AvgIpc) is 2.65. The van der Waals surface area contributed by atoms with Crippen LogP contribution in [0.5, 0.6) is 0 Å². The quantitative estimate of drug-likeness (QED) is 0.763. The molecular weight excluding hydrogens is 219 g/mol. The number of hydrogen-bond acceptors (Lipinski definition) is 2. The van der Waals surface area contributed by atoms with Gasteiger partial charge in [-0.2, -0.15) is 13.2 Å². The van der Waals surface area contributed by atoms with Crippen LogP contribution in [0.25, 0.3) is 0 Å². The molecule has 16 heavy (non-hydrogen) atoms. The maximum absolute atomic E-state index is 12.1. The molecule has 86 valence electrons. The Labute approximate surface area is 90.7 Å². The van der Waals surface area contributed by atoms with E-state index in [0.29, 0.717) is 5.71 Å². The summed E-state index contributed by atoms with van der Waals surface area (Å²) in [5, 5.41) is 3.69. The van der Waals surface area contributed by atoms with E-state index in [1.165, 1.54) is 0 Å². The normalized spacial score (nSPS) is 20.4. The lowest BCUT2D eigenvalue weighted by Gasteiger charge is -2.10. The molecule has 0 amide bonds. The first-order valence-corrected chi connectivity index (χ1v) is 4.89. The highest BCUT2D eigenvalue weighted by atomic mass is 19.4. The van der Waals surface area contributed by atoms with Gasteiger partial charge in [0.15, 0.2) is 0 Å². The largest absolute Gasteiger partial charge is 0.392 e. The van der Waals surface area contributed by atoms with Gasteiger partial charge in [0.05, 0.1) is 12.1 Å². The number of benzene rings is 1. The fourth-order valence-corrected chi connectivity index (χ4v) is 1.60. The molecule has 2 rings (SSSR count). The van der Waals surface area contributed by atoms with Crippen molar-refractivity contribution in [2.45, 2.75) is 25.1 Å². The van der Waals surface area contributed by atoms with Crippen molar-refractivity contribution in [3.05, 3.63) is 35.9 Å². The maximum Gasteiger partial charge on any atom is 0.392 e. The molecule has 5 heteroatoms. The average molecular weight is 229 g/mol. The standard InChI is InChI=1S/C11H10F3NO/c12-11(13,14)7-9-6-10(15-16-9)8-4-2-1-3-5-8/h1-5,9H,6-7H2/t9-/m0/s1. The van der Waals surface area contributed by atoms with Crippen LogP contribution in [-0.2, 0) is 4.84 Å². The summed E-state index contributed by atoms with van der Waals surface area (Å²) in [6, 6.07) is 9.08. The van der Waals surface area contributed by atoms with Crippen molar-refractivity contribution in [1.29, 1.82) is 0 Å². The molecule has 1 aliphatic rings. The minimum absolute atomic E-state index is 0.212. The summed E-state index contributed by atoms with van der Waals surface area (Å²) in [6.45, 7) is 0. The first-order valence-electron chi connectivity index (χ1n) is 4.89. The van der Waals surface area contributed by atoms with Gasteiger partial charge in [0.1, 0.15) is 6.10 Å². The third-order valence-electron chi connectivity index (χ3n) is 2.30. The Kier molecular flexibility index (Phi) is 2.85. The molecule has 1 aliphatic heterocycles. The second-order valence-electron chi connectivity index (χ2n) is 3.65. The first kappa shape index (κ1) is 11.0. The Morgan fingerprint density at radius 3 is 2.56 bits per heavy atom. The van der Waals surface area contributed by atoms with E-state index in [1.807, 2.05) is 18.2 Å². The lowest BCUT2D eigenvalue weighted by atomic mass is 10.0. The Morgan fingerprint density at radius 2 is 1.94 bits per heavy atom. The molecule has 0 spiro atoms. The fourth-order valence-electron chi connectivity index (χ4n) is 1.60. The fraction of sp³-hybridized carbons (Fsp3) is 0.364. The van der Waals surface area contributed by atoms with Crippen LogP contribution in [0.4, 0.5) is 13.2 Å². The predicted octanol–water partition coefficient (Wildman–Crippen LogP) is 3.13. The summed E-state index contributed by atoms with van der Waals surface area (Å²) in [5.74, 6) is 0. The van der Waals surface area contributed by atoms with E-state index in [-0.39, 0.29) is 6.42 Å². The van der Waals surface area contributed by atoms with Crippen LogP contribution >= 0.6 is 0 Å². The van der Waals surface area contributed by atoms with Crippen molar-refractivity contribution in [3.63, 3.8) is 0 Å². The van der Waals surface area contributed by atoms with Gasteiger partial charge in [0.2, 0.25) is 0 Å². The molecule has 0 aromatic heterocycles. The van der Waals surface area contributed by atoms with Crippen molar-refractivity contribution >= 4 is 5.71 Å². The van der Waals surface area contributed by atoms with Crippen LogP contribution < -0.4 is 0 Å². The summed E-state index contributed by atoms with van der Waals surface area (Å²) in [5.41, 5.74) is 1.39. The molecule has 1 aromatic carbocycles. The highest BCUT2D eigenvalue weighted by Gasteiger charge is 2.36. The molecule has 0 radical (unpaired) electrons. The van der Waals surface area contributed by atoms with Gasteiger partial charge in [-0.05, 0) is 5.56 Å². The molecular formula is C11H10F3NO. The Morgan fingerprint density at radius 1 is 1.25 bits per heavy atom. The van der Waals surface area contributed by atoms with E-state index in [0.717, 1.165) is 5.56 Å². The van der Waals surface area contributed by atoms with Gasteiger partial charge < -0.3 is 4.84 Å². The lowest BCUT2D eigenvalue weighted by Crippen LogP contribution is -2.19. The number of rotatable bonds is 2. The highest BCUT2D eigenvalue weighted by Crippen LogP contribution is 2.28. The first-order chi connectivity index (χ1) is 7.54. The van der Waals surface area contributed by atoms with Crippen molar-refractivity contribution < 1.29 is 18.0 Å². The molecule has 0 unspecified atom stereocenters. The summed E-state index contributed by atoms with van der Waals surface area (Å²) >= 11 is 0. The monoisotopic (exact) mass is 229 g/mol. The van der Waals surface area contributed by atoms with Gasteiger partial charge in [0.25, 0.3) is 0 Å². The number of nitrogens with zero attached hydrogens (tertiary/aromatic N) is 1. The van der Waals surface area contributed by atoms with Gasteiger partial charge in [0, 0.05) is 6.42 Å². The van der Waals surface area contributed by atoms with Crippen LogP contribution in [-0.4, -0.2) is 18.0 Å². The van der Waals surface area contributed by atoms with Crippen LogP contribution in [0, 0.1) is 0 Å². The van der Waals surface area contributed by atoms with E-state index in [1.54, 1.807) is 12.1 Å². The third-order valence-corrected chi connectivity index (χ3v) is 2.30. The zero-order valence-electron chi connectivity index (χ0n) is 8.37. The topological polar surface area (TPSA) is 21.6 Å². The number of hydrogen-bond donors (Lipinski definition) is 0. The summed E-state index contributed by atoms with van der Waals surface area (Å²) < 4.78 is 36.3. The van der Waals surface area contributed by atoms with E-state index in [2.05, 4.69) is 5.16 Å². The third kappa shape index (κ3) is 2.74. The number of alkyl halides is 3. The smallest absolute Gasteiger partial charge is 0.391 e. The zero-order valence-corrected chi connectivity index (χ0v) is 8.37. The number of halogens is 3. The molecule has 0 bridgehead atoms. The summed E-state index contributed by atoms with van der Waals surface area (Å²) in [7, 11) is 0. The Balaban J connectivity index is 1.98. The highest BCUT2D eigenvalue weighted by molar-refractivity contribution is 6.01. The van der Waals surface area contributed by atoms with Gasteiger partial charge >= 0.3 is 6.18 Å². The second kappa shape index (κ2) is 4.15. The van der Waals surface area contributed by atoms with Crippen LogP contribution in [0.15, 0.2) is 35.5 Å². The van der Waals surface area contributed by atoms with Crippen LogP contribution in [0.2, 0.25) is 0 Å². The molecule has 0 N–H and O–H groups in total. The minimum Gasteiger partial charge on any atom is -0.391 e. The molecule has 1 heterocycles. The molecule has 1 atom stereocenters. The van der Waals surface area contributed by atoms with E-state index < -0.39 is 18.7 Å². The van der Waals surface area contributed by atoms with Crippen molar-refractivity contribution in [3.8, 4) is 0 Å². The molecule has 1 aromatic rings.